The van der Waals surface area contributed by atoms with Crippen LogP contribution in [0.15, 0.2) is 60.0 Å². The van der Waals surface area contributed by atoms with E-state index in [2.05, 4.69) is 10.3 Å². The van der Waals surface area contributed by atoms with Gasteiger partial charge < -0.3 is 5.32 Å². The van der Waals surface area contributed by atoms with E-state index in [1.54, 1.807) is 18.3 Å². The van der Waals surface area contributed by atoms with E-state index < -0.39 is 0 Å². The van der Waals surface area contributed by atoms with Crippen LogP contribution in [0.4, 0.5) is 5.69 Å². The normalized spacial score (nSPS) is 12.3. The molecule has 0 aliphatic rings. The number of hydrogen-bond donors (Lipinski definition) is 1. The number of fused-ring (bicyclic) bond motifs is 1. The number of amides is 1. The van der Waals surface area contributed by atoms with Gasteiger partial charge in [-0.1, -0.05) is 41.6 Å². The molecule has 1 amide bonds. The van der Waals surface area contributed by atoms with Crippen molar-refractivity contribution in [2.75, 3.05) is 5.32 Å². The van der Waals surface area contributed by atoms with Gasteiger partial charge in [-0.3, -0.25) is 9.20 Å². The van der Waals surface area contributed by atoms with Gasteiger partial charge in [0, 0.05) is 6.20 Å². The van der Waals surface area contributed by atoms with Gasteiger partial charge in [0.05, 0.1) is 27.7 Å². The van der Waals surface area contributed by atoms with Crippen molar-refractivity contribution in [1.29, 1.82) is 0 Å². The van der Waals surface area contributed by atoms with Crippen LogP contribution in [0.3, 0.4) is 0 Å². The number of carbonyl (C=O) groups excluding carboxylic acids is 1. The molecule has 6 heteroatoms. The molecule has 1 N–H and O–H groups in total. The highest BCUT2D eigenvalue weighted by Gasteiger charge is 2.18. The Morgan fingerprint density at radius 3 is 2.86 bits per heavy atom. The van der Waals surface area contributed by atoms with Gasteiger partial charge in [0.1, 0.15) is 0 Å². The maximum Gasteiger partial charge on any atom is 0.237 e. The van der Waals surface area contributed by atoms with Crippen molar-refractivity contribution < 1.29 is 4.79 Å². The molecule has 0 bridgehead atoms. The van der Waals surface area contributed by atoms with Crippen LogP contribution in [-0.4, -0.2) is 20.5 Å². The maximum atomic E-state index is 12.3. The summed E-state index contributed by atoms with van der Waals surface area (Å²) >= 11 is 7.47. The smallest absolute Gasteiger partial charge is 0.237 e. The number of para-hydroxylation sites is 1. The largest absolute Gasteiger partial charge is 0.324 e. The second-order valence-electron chi connectivity index (χ2n) is 4.77. The molecule has 1 atom stereocenters. The molecule has 22 heavy (non-hydrogen) atoms. The third kappa shape index (κ3) is 3.10. The number of rotatable bonds is 4. The van der Waals surface area contributed by atoms with E-state index in [-0.39, 0.29) is 11.2 Å². The molecule has 0 saturated heterocycles. The van der Waals surface area contributed by atoms with Gasteiger partial charge in [-0.2, -0.15) is 0 Å². The number of carbonyl (C=O) groups is 1. The molecule has 0 radical (unpaired) electrons. The van der Waals surface area contributed by atoms with E-state index in [0.29, 0.717) is 10.7 Å². The number of nitrogens with one attached hydrogen (secondary N) is 1. The van der Waals surface area contributed by atoms with Gasteiger partial charge in [-0.25, -0.2) is 4.98 Å². The van der Waals surface area contributed by atoms with Crippen LogP contribution in [0.5, 0.6) is 0 Å². The number of benzene rings is 1. The summed E-state index contributed by atoms with van der Waals surface area (Å²) in [4.78, 5) is 16.7. The van der Waals surface area contributed by atoms with E-state index >= 15 is 0 Å². The lowest BCUT2D eigenvalue weighted by Crippen LogP contribution is -2.22. The second-order valence-corrected chi connectivity index (χ2v) is 6.48. The summed E-state index contributed by atoms with van der Waals surface area (Å²) in [5.74, 6) is -0.106. The van der Waals surface area contributed by atoms with Crippen molar-refractivity contribution >= 4 is 40.5 Å². The average Bonchev–Trinajstić information content (AvgIpc) is 2.93. The van der Waals surface area contributed by atoms with Crippen LogP contribution in [0.2, 0.25) is 5.02 Å². The van der Waals surface area contributed by atoms with Gasteiger partial charge in [-0.15, -0.1) is 0 Å². The lowest BCUT2D eigenvalue weighted by Gasteiger charge is -2.12. The molecular weight excluding hydrogens is 318 g/mol. The molecule has 3 aromatic rings. The molecule has 0 spiro atoms. The molecule has 0 aliphatic heterocycles. The van der Waals surface area contributed by atoms with E-state index in [0.717, 1.165) is 10.7 Å². The standard InChI is InChI=1S/C16H14ClN3OS/c1-11(15(21)19-14-8-3-2-7-13(14)17)22-16-18-10-12-6-4-5-9-20(12)16/h2-11H,1H3,(H,19,21). The average molecular weight is 332 g/mol. The van der Waals surface area contributed by atoms with Gasteiger partial charge in [0.2, 0.25) is 5.91 Å². The minimum Gasteiger partial charge on any atom is -0.324 e. The van der Waals surface area contributed by atoms with Crippen molar-refractivity contribution in [1.82, 2.24) is 9.38 Å². The summed E-state index contributed by atoms with van der Waals surface area (Å²) in [6.07, 6.45) is 3.73. The first kappa shape index (κ1) is 14.9. The number of anilines is 1. The molecular formula is C16H14ClN3OS. The Morgan fingerprint density at radius 2 is 2.05 bits per heavy atom. The van der Waals surface area contributed by atoms with E-state index in [1.165, 1.54) is 11.8 Å². The van der Waals surface area contributed by atoms with Gasteiger partial charge in [0.15, 0.2) is 5.16 Å². The number of halogens is 1. The lowest BCUT2D eigenvalue weighted by atomic mass is 10.3. The van der Waals surface area contributed by atoms with Gasteiger partial charge >= 0.3 is 0 Å². The van der Waals surface area contributed by atoms with Crippen LogP contribution in [-0.2, 0) is 4.79 Å². The van der Waals surface area contributed by atoms with Crippen molar-refractivity contribution in [3.63, 3.8) is 0 Å². The molecule has 3 rings (SSSR count). The summed E-state index contributed by atoms with van der Waals surface area (Å²) in [6.45, 7) is 1.85. The molecule has 0 fully saturated rings. The molecule has 4 nitrogen and oxygen atoms in total. The summed E-state index contributed by atoms with van der Waals surface area (Å²) in [5.41, 5.74) is 1.62. The van der Waals surface area contributed by atoms with Crippen molar-refractivity contribution in [3.05, 3.63) is 59.9 Å². The Bertz CT molecular complexity index is 818. The molecule has 112 valence electrons. The summed E-state index contributed by atoms with van der Waals surface area (Å²) in [6, 6.07) is 13.1. The maximum absolute atomic E-state index is 12.3. The number of hydrogen-bond acceptors (Lipinski definition) is 3. The monoisotopic (exact) mass is 331 g/mol. The highest BCUT2D eigenvalue weighted by molar-refractivity contribution is 8.00. The molecule has 2 heterocycles. The first-order chi connectivity index (χ1) is 10.6. The minimum atomic E-state index is -0.290. The Balaban J connectivity index is 1.73. The number of aromatic nitrogens is 2. The zero-order valence-corrected chi connectivity index (χ0v) is 13.4. The zero-order valence-electron chi connectivity index (χ0n) is 11.9. The number of imidazole rings is 1. The third-order valence-corrected chi connectivity index (χ3v) is 4.60. The van der Waals surface area contributed by atoms with Crippen molar-refractivity contribution in [2.24, 2.45) is 0 Å². The predicted octanol–water partition coefficient (Wildman–Crippen LogP) is 4.11. The Labute approximate surface area is 137 Å². The molecule has 0 aliphatic carbocycles. The minimum absolute atomic E-state index is 0.106. The summed E-state index contributed by atoms with van der Waals surface area (Å²) in [7, 11) is 0. The van der Waals surface area contributed by atoms with Gasteiger partial charge in [0.25, 0.3) is 0 Å². The number of thioether (sulfide) groups is 1. The first-order valence-electron chi connectivity index (χ1n) is 6.79. The topological polar surface area (TPSA) is 46.4 Å². The lowest BCUT2D eigenvalue weighted by molar-refractivity contribution is -0.115. The van der Waals surface area contributed by atoms with Crippen LogP contribution in [0, 0.1) is 0 Å². The Hall–Kier alpha value is -1.98. The van der Waals surface area contributed by atoms with E-state index in [9.17, 15) is 4.79 Å². The van der Waals surface area contributed by atoms with Crippen LogP contribution >= 0.6 is 23.4 Å². The van der Waals surface area contributed by atoms with Crippen molar-refractivity contribution in [2.45, 2.75) is 17.3 Å². The predicted molar refractivity (Wildman–Crippen MR) is 90.6 cm³/mol. The van der Waals surface area contributed by atoms with Crippen LogP contribution in [0.1, 0.15) is 6.92 Å². The fourth-order valence-corrected chi connectivity index (χ4v) is 3.07. The fourth-order valence-electron chi connectivity index (χ4n) is 2.02. The zero-order chi connectivity index (χ0) is 15.5. The number of pyridine rings is 1. The highest BCUT2D eigenvalue weighted by Crippen LogP contribution is 2.26. The molecule has 1 unspecified atom stereocenters. The third-order valence-electron chi connectivity index (χ3n) is 3.19. The molecule has 0 saturated carbocycles. The summed E-state index contributed by atoms with van der Waals surface area (Å²) < 4.78 is 1.96. The highest BCUT2D eigenvalue weighted by atomic mass is 35.5. The second kappa shape index (κ2) is 6.42. The Morgan fingerprint density at radius 1 is 1.27 bits per heavy atom. The SMILES string of the molecule is CC(Sc1ncc2ccccn12)C(=O)Nc1ccccc1Cl. The quantitative estimate of drug-likeness (QED) is 0.732. The van der Waals surface area contributed by atoms with Crippen LogP contribution in [0.25, 0.3) is 5.52 Å². The molecule has 1 aromatic carbocycles. The van der Waals surface area contributed by atoms with Crippen molar-refractivity contribution in [3.8, 4) is 0 Å². The van der Waals surface area contributed by atoms with Gasteiger partial charge in [-0.05, 0) is 31.2 Å². The fraction of sp³-hybridized carbons (Fsp3) is 0.125. The van der Waals surface area contributed by atoms with E-state index in [4.69, 9.17) is 11.6 Å². The number of nitrogens with zero attached hydrogens (tertiary/aromatic N) is 2. The Kier molecular flexibility index (Phi) is 4.36. The first-order valence-corrected chi connectivity index (χ1v) is 8.05. The van der Waals surface area contributed by atoms with E-state index in [1.807, 2.05) is 47.9 Å². The summed E-state index contributed by atoms with van der Waals surface area (Å²) in [5, 5.41) is 3.87. The van der Waals surface area contributed by atoms with Crippen LogP contribution < -0.4 is 5.32 Å². The molecule has 2 aromatic heterocycles.